The summed E-state index contributed by atoms with van der Waals surface area (Å²) < 4.78 is 11.4. The van der Waals surface area contributed by atoms with Crippen LogP contribution in [0, 0.1) is 0 Å². The number of halogens is 1. The van der Waals surface area contributed by atoms with Gasteiger partial charge >= 0.3 is 5.63 Å². The van der Waals surface area contributed by atoms with Gasteiger partial charge in [0, 0.05) is 24.0 Å². The summed E-state index contributed by atoms with van der Waals surface area (Å²) >= 11 is 6.40. The molecule has 0 saturated heterocycles. The third-order valence-electron chi connectivity index (χ3n) is 4.56. The first-order valence-electron chi connectivity index (χ1n) is 7.87. The standard InChI is InChI=1S/C17H18ClNO4/c1-9(20)6-19-7-13-15-12(5-14(18)16(13)22-8-19)10-3-2-4-11(10)17(21)23-15/h5,9,20H,2-4,6-8H2,1H3/t9-/m0/s1. The zero-order chi connectivity index (χ0) is 16.1. The fourth-order valence-corrected chi connectivity index (χ4v) is 3.92. The summed E-state index contributed by atoms with van der Waals surface area (Å²) in [6, 6.07) is 1.85. The molecule has 122 valence electrons. The van der Waals surface area contributed by atoms with Crippen LogP contribution in [0.3, 0.4) is 0 Å². The minimum absolute atomic E-state index is 0.248. The van der Waals surface area contributed by atoms with E-state index >= 15 is 0 Å². The quantitative estimate of drug-likeness (QED) is 0.854. The lowest BCUT2D eigenvalue weighted by Crippen LogP contribution is -2.37. The molecule has 0 unspecified atom stereocenters. The predicted octanol–water partition coefficient (Wildman–Crippen LogP) is 2.47. The number of benzene rings is 1. The lowest BCUT2D eigenvalue weighted by molar-refractivity contribution is 0.0504. The van der Waals surface area contributed by atoms with Crippen LogP contribution in [0.4, 0.5) is 0 Å². The zero-order valence-electron chi connectivity index (χ0n) is 12.9. The normalized spacial score (nSPS) is 18.6. The van der Waals surface area contributed by atoms with Crippen molar-refractivity contribution in [2.24, 2.45) is 0 Å². The first-order valence-corrected chi connectivity index (χ1v) is 8.25. The van der Waals surface area contributed by atoms with E-state index in [4.69, 9.17) is 20.8 Å². The van der Waals surface area contributed by atoms with Gasteiger partial charge in [0.2, 0.25) is 0 Å². The number of aryl methyl sites for hydroxylation is 1. The molecule has 4 rings (SSSR count). The Morgan fingerprint density at radius 3 is 2.91 bits per heavy atom. The van der Waals surface area contributed by atoms with Gasteiger partial charge in [0.25, 0.3) is 0 Å². The molecule has 0 radical (unpaired) electrons. The molecule has 0 spiro atoms. The van der Waals surface area contributed by atoms with Crippen molar-refractivity contribution < 1.29 is 14.3 Å². The molecule has 1 aliphatic heterocycles. The number of aliphatic hydroxyl groups is 1. The Labute approximate surface area is 138 Å². The van der Waals surface area contributed by atoms with E-state index in [2.05, 4.69) is 0 Å². The van der Waals surface area contributed by atoms with Crippen LogP contribution >= 0.6 is 11.6 Å². The van der Waals surface area contributed by atoms with Gasteiger partial charge in [-0.2, -0.15) is 0 Å². The van der Waals surface area contributed by atoms with Crippen LogP contribution in [-0.4, -0.2) is 29.4 Å². The SMILES string of the molecule is C[C@H](O)CN1COc2c(Cl)cc3c4c(c(=O)oc3c2C1)CCC4. The number of fused-ring (bicyclic) bond motifs is 5. The maximum absolute atomic E-state index is 12.3. The third-order valence-corrected chi connectivity index (χ3v) is 4.84. The zero-order valence-corrected chi connectivity index (χ0v) is 13.7. The van der Waals surface area contributed by atoms with Gasteiger partial charge in [-0.3, -0.25) is 4.90 Å². The molecule has 1 aromatic carbocycles. The second kappa shape index (κ2) is 5.51. The van der Waals surface area contributed by atoms with Crippen molar-refractivity contribution in [3.8, 4) is 5.75 Å². The van der Waals surface area contributed by atoms with E-state index in [0.717, 1.165) is 41.3 Å². The summed E-state index contributed by atoms with van der Waals surface area (Å²) in [5.74, 6) is 0.585. The van der Waals surface area contributed by atoms with Crippen molar-refractivity contribution >= 4 is 22.6 Å². The highest BCUT2D eigenvalue weighted by atomic mass is 35.5. The van der Waals surface area contributed by atoms with Gasteiger partial charge in [-0.05, 0) is 37.8 Å². The molecule has 0 fully saturated rings. The lowest BCUT2D eigenvalue weighted by atomic mass is 10.0. The molecule has 23 heavy (non-hydrogen) atoms. The fourth-order valence-electron chi connectivity index (χ4n) is 3.64. The maximum Gasteiger partial charge on any atom is 0.339 e. The molecule has 5 nitrogen and oxygen atoms in total. The average molecular weight is 336 g/mol. The monoisotopic (exact) mass is 335 g/mol. The van der Waals surface area contributed by atoms with Gasteiger partial charge < -0.3 is 14.3 Å². The second-order valence-corrected chi connectivity index (χ2v) is 6.78. The van der Waals surface area contributed by atoms with Crippen molar-refractivity contribution in [1.82, 2.24) is 4.90 Å². The first kappa shape index (κ1) is 15.0. The lowest BCUT2D eigenvalue weighted by Gasteiger charge is -2.30. The Balaban J connectivity index is 1.91. The highest BCUT2D eigenvalue weighted by Crippen LogP contribution is 2.41. The van der Waals surface area contributed by atoms with Crippen molar-refractivity contribution in [3.63, 3.8) is 0 Å². The maximum atomic E-state index is 12.3. The number of aliphatic hydroxyl groups excluding tert-OH is 1. The molecule has 1 atom stereocenters. The van der Waals surface area contributed by atoms with Crippen LogP contribution in [0.15, 0.2) is 15.3 Å². The average Bonchev–Trinajstić information content (AvgIpc) is 2.99. The molecule has 2 aromatic rings. The van der Waals surface area contributed by atoms with E-state index in [1.807, 2.05) is 11.0 Å². The summed E-state index contributed by atoms with van der Waals surface area (Å²) in [6.45, 7) is 3.12. The predicted molar refractivity (Wildman–Crippen MR) is 87.1 cm³/mol. The van der Waals surface area contributed by atoms with E-state index in [1.54, 1.807) is 6.92 Å². The summed E-state index contributed by atoms with van der Waals surface area (Å²) in [5.41, 5.74) is 2.97. The van der Waals surface area contributed by atoms with Crippen LogP contribution in [-0.2, 0) is 19.4 Å². The number of rotatable bonds is 2. The van der Waals surface area contributed by atoms with Gasteiger partial charge in [-0.1, -0.05) is 11.6 Å². The van der Waals surface area contributed by atoms with Crippen LogP contribution in [0.1, 0.15) is 30.0 Å². The Morgan fingerprint density at radius 2 is 2.13 bits per heavy atom. The van der Waals surface area contributed by atoms with E-state index in [-0.39, 0.29) is 5.63 Å². The molecule has 1 aromatic heterocycles. The Morgan fingerprint density at radius 1 is 1.35 bits per heavy atom. The fraction of sp³-hybridized carbons (Fsp3) is 0.471. The minimum atomic E-state index is -0.457. The molecular weight excluding hydrogens is 318 g/mol. The first-order chi connectivity index (χ1) is 11.0. The molecule has 1 N–H and O–H groups in total. The van der Waals surface area contributed by atoms with Gasteiger partial charge in [0.05, 0.1) is 16.7 Å². The van der Waals surface area contributed by atoms with Crippen LogP contribution in [0.2, 0.25) is 5.02 Å². The third kappa shape index (κ3) is 2.43. The molecule has 1 aliphatic carbocycles. The molecule has 2 heterocycles. The van der Waals surface area contributed by atoms with E-state index < -0.39 is 6.10 Å². The van der Waals surface area contributed by atoms with Crippen molar-refractivity contribution in [1.29, 1.82) is 0 Å². The van der Waals surface area contributed by atoms with Crippen molar-refractivity contribution in [2.75, 3.05) is 13.3 Å². The smallest absolute Gasteiger partial charge is 0.339 e. The molecular formula is C17H18ClNO4. The number of nitrogens with zero attached hydrogens (tertiary/aromatic N) is 1. The number of β-amino-alcohol motifs (C(OH)–C–C–N with tert-alkyl or cyclic N) is 1. The van der Waals surface area contributed by atoms with Crippen LogP contribution < -0.4 is 10.4 Å². The molecule has 6 heteroatoms. The summed E-state index contributed by atoms with van der Waals surface area (Å²) in [5, 5.41) is 11.1. The van der Waals surface area contributed by atoms with Gasteiger partial charge in [-0.15, -0.1) is 0 Å². The highest BCUT2D eigenvalue weighted by Gasteiger charge is 2.28. The Hall–Kier alpha value is -1.56. The van der Waals surface area contributed by atoms with Crippen molar-refractivity contribution in [3.05, 3.63) is 38.2 Å². The summed E-state index contributed by atoms with van der Waals surface area (Å²) in [7, 11) is 0. The highest BCUT2D eigenvalue weighted by molar-refractivity contribution is 6.33. The van der Waals surface area contributed by atoms with E-state index in [9.17, 15) is 9.90 Å². The molecule has 0 bridgehead atoms. The molecule has 0 amide bonds. The summed E-state index contributed by atoms with van der Waals surface area (Å²) in [6.07, 6.45) is 2.16. The van der Waals surface area contributed by atoms with Gasteiger partial charge in [-0.25, -0.2) is 4.79 Å². The van der Waals surface area contributed by atoms with Gasteiger partial charge in [0.15, 0.2) is 0 Å². The van der Waals surface area contributed by atoms with Crippen molar-refractivity contribution in [2.45, 2.75) is 38.8 Å². The van der Waals surface area contributed by atoms with Gasteiger partial charge in [0.1, 0.15) is 18.1 Å². The second-order valence-electron chi connectivity index (χ2n) is 6.38. The number of hydrogen-bond acceptors (Lipinski definition) is 5. The largest absolute Gasteiger partial charge is 0.476 e. The Kier molecular flexibility index (Phi) is 3.59. The van der Waals surface area contributed by atoms with Crippen LogP contribution in [0.5, 0.6) is 5.75 Å². The molecule has 2 aliphatic rings. The molecule has 0 saturated carbocycles. The number of ether oxygens (including phenoxy) is 1. The minimum Gasteiger partial charge on any atom is -0.476 e. The van der Waals surface area contributed by atoms with E-state index in [0.29, 0.717) is 36.2 Å². The Bertz CT molecular complexity index is 843. The van der Waals surface area contributed by atoms with E-state index in [1.165, 1.54) is 0 Å². The van der Waals surface area contributed by atoms with Crippen LogP contribution in [0.25, 0.3) is 11.0 Å². The summed E-state index contributed by atoms with van der Waals surface area (Å²) in [4.78, 5) is 14.2. The topological polar surface area (TPSA) is 62.9 Å². The number of hydrogen-bond donors (Lipinski definition) is 1.